The van der Waals surface area contributed by atoms with Crippen molar-refractivity contribution in [3.8, 4) is 11.1 Å². The Kier molecular flexibility index (Phi) is 4.17. The van der Waals surface area contributed by atoms with Crippen LogP contribution in [-0.4, -0.2) is 15.0 Å². The van der Waals surface area contributed by atoms with Gasteiger partial charge in [-0.3, -0.25) is 0 Å². The summed E-state index contributed by atoms with van der Waals surface area (Å²) in [6.45, 7) is 0.610. The molecule has 3 nitrogen and oxygen atoms in total. The van der Waals surface area contributed by atoms with E-state index in [1.165, 1.54) is 38.5 Å². The van der Waals surface area contributed by atoms with Crippen LogP contribution in [0.2, 0.25) is 0 Å². The molecule has 1 N–H and O–H groups in total. The molecular formula is C23H27NO2S. The summed E-state index contributed by atoms with van der Waals surface area (Å²) in [7, 11) is -3.45. The summed E-state index contributed by atoms with van der Waals surface area (Å²) in [4.78, 5) is 0.368. The van der Waals surface area contributed by atoms with E-state index in [9.17, 15) is 8.42 Å². The fourth-order valence-electron chi connectivity index (χ4n) is 6.30. The fraction of sp³-hybridized carbons (Fsp3) is 0.478. The van der Waals surface area contributed by atoms with Crippen LogP contribution in [0, 0.1) is 23.2 Å². The number of rotatable bonds is 5. The van der Waals surface area contributed by atoms with Crippen molar-refractivity contribution in [3.63, 3.8) is 0 Å². The summed E-state index contributed by atoms with van der Waals surface area (Å²) in [6, 6.07) is 17.3. The Morgan fingerprint density at radius 2 is 1.30 bits per heavy atom. The third kappa shape index (κ3) is 3.34. The molecule has 4 bridgehead atoms. The second-order valence-electron chi connectivity index (χ2n) is 9.13. The summed E-state index contributed by atoms with van der Waals surface area (Å²) in [5.74, 6) is 2.52. The predicted octanol–water partition coefficient (Wildman–Crippen LogP) is 4.85. The van der Waals surface area contributed by atoms with E-state index in [-0.39, 0.29) is 5.41 Å². The minimum atomic E-state index is -3.45. The molecule has 0 aliphatic heterocycles. The molecule has 0 amide bonds. The maximum Gasteiger partial charge on any atom is 0.240 e. The molecule has 0 unspecified atom stereocenters. The number of hydrogen-bond acceptors (Lipinski definition) is 2. The van der Waals surface area contributed by atoms with E-state index in [1.54, 1.807) is 12.1 Å². The summed E-state index contributed by atoms with van der Waals surface area (Å²) < 4.78 is 28.7. The molecule has 0 atom stereocenters. The average molecular weight is 382 g/mol. The van der Waals surface area contributed by atoms with Gasteiger partial charge in [-0.05, 0) is 85.0 Å². The number of benzene rings is 2. The van der Waals surface area contributed by atoms with Gasteiger partial charge in [0.15, 0.2) is 0 Å². The van der Waals surface area contributed by atoms with Crippen molar-refractivity contribution >= 4 is 10.0 Å². The van der Waals surface area contributed by atoms with Gasteiger partial charge in [-0.2, -0.15) is 0 Å². The molecule has 27 heavy (non-hydrogen) atoms. The molecule has 0 radical (unpaired) electrons. The van der Waals surface area contributed by atoms with E-state index in [0.717, 1.165) is 28.9 Å². The van der Waals surface area contributed by atoms with Gasteiger partial charge in [0, 0.05) is 6.54 Å². The molecule has 2 aromatic rings. The molecule has 0 heterocycles. The third-order valence-electron chi connectivity index (χ3n) is 7.07. The molecule has 4 fully saturated rings. The highest BCUT2D eigenvalue weighted by Gasteiger charge is 2.50. The van der Waals surface area contributed by atoms with Crippen LogP contribution in [0.4, 0.5) is 0 Å². The summed E-state index contributed by atoms with van der Waals surface area (Å²) in [5, 5.41) is 0. The van der Waals surface area contributed by atoms with Crippen molar-refractivity contribution in [2.75, 3.05) is 6.54 Å². The van der Waals surface area contributed by atoms with E-state index >= 15 is 0 Å². The first-order valence-corrected chi connectivity index (χ1v) is 11.6. The zero-order valence-corrected chi connectivity index (χ0v) is 16.4. The van der Waals surface area contributed by atoms with Gasteiger partial charge in [0.25, 0.3) is 0 Å². The Hall–Kier alpha value is -1.65. The van der Waals surface area contributed by atoms with Crippen molar-refractivity contribution in [3.05, 3.63) is 54.6 Å². The maximum atomic E-state index is 12.9. The Morgan fingerprint density at radius 1 is 0.778 bits per heavy atom. The van der Waals surface area contributed by atoms with E-state index < -0.39 is 10.0 Å². The molecule has 4 saturated carbocycles. The molecule has 0 spiro atoms. The van der Waals surface area contributed by atoms with E-state index in [0.29, 0.717) is 11.4 Å². The van der Waals surface area contributed by atoms with Crippen LogP contribution in [-0.2, 0) is 10.0 Å². The monoisotopic (exact) mass is 381 g/mol. The Balaban J connectivity index is 1.30. The second kappa shape index (κ2) is 6.46. The SMILES string of the molecule is O=S(=O)(NCC12CC3CC(CC(C3)C1)C2)c1ccc(-c2ccccc2)cc1. The first kappa shape index (κ1) is 17.4. The largest absolute Gasteiger partial charge is 0.240 e. The minimum Gasteiger partial charge on any atom is -0.211 e. The van der Waals surface area contributed by atoms with E-state index in [2.05, 4.69) is 4.72 Å². The van der Waals surface area contributed by atoms with Gasteiger partial charge in [-0.15, -0.1) is 0 Å². The van der Waals surface area contributed by atoms with E-state index in [4.69, 9.17) is 0 Å². The lowest BCUT2D eigenvalue weighted by Gasteiger charge is -2.56. The molecule has 4 aliphatic carbocycles. The Bertz CT molecular complexity index is 883. The van der Waals surface area contributed by atoms with Gasteiger partial charge in [-0.1, -0.05) is 42.5 Å². The number of hydrogen-bond donors (Lipinski definition) is 1. The molecule has 142 valence electrons. The average Bonchev–Trinajstić information content (AvgIpc) is 2.67. The number of sulfonamides is 1. The van der Waals surface area contributed by atoms with Gasteiger partial charge in [-0.25, -0.2) is 13.1 Å². The lowest BCUT2D eigenvalue weighted by molar-refractivity contribution is -0.0487. The normalized spacial score (nSPS) is 31.9. The van der Waals surface area contributed by atoms with Crippen LogP contribution in [0.25, 0.3) is 11.1 Å². The van der Waals surface area contributed by atoms with Crippen molar-refractivity contribution in [2.24, 2.45) is 23.2 Å². The second-order valence-corrected chi connectivity index (χ2v) is 10.9. The quantitative estimate of drug-likeness (QED) is 0.805. The zero-order chi connectivity index (χ0) is 18.5. The van der Waals surface area contributed by atoms with Gasteiger partial charge in [0.05, 0.1) is 4.90 Å². The molecule has 4 heteroatoms. The lowest BCUT2D eigenvalue weighted by Crippen LogP contribution is -2.51. The zero-order valence-electron chi connectivity index (χ0n) is 15.6. The van der Waals surface area contributed by atoms with Crippen molar-refractivity contribution in [2.45, 2.75) is 43.4 Å². The summed E-state index contributed by atoms with van der Waals surface area (Å²) in [6.07, 6.45) is 7.80. The van der Waals surface area contributed by atoms with Crippen LogP contribution in [0.1, 0.15) is 38.5 Å². The lowest BCUT2D eigenvalue weighted by atomic mass is 9.50. The van der Waals surface area contributed by atoms with Crippen LogP contribution in [0.5, 0.6) is 0 Å². The first-order chi connectivity index (χ1) is 13.0. The smallest absolute Gasteiger partial charge is 0.211 e. The Labute approximate surface area is 162 Å². The van der Waals surface area contributed by atoms with Gasteiger partial charge >= 0.3 is 0 Å². The standard InChI is InChI=1S/C23H27NO2S/c25-27(26,22-8-6-21(7-9-22)20-4-2-1-3-5-20)24-16-23-13-17-10-18(14-23)12-19(11-17)15-23/h1-9,17-19,24H,10-16H2. The highest BCUT2D eigenvalue weighted by molar-refractivity contribution is 7.89. The van der Waals surface area contributed by atoms with Gasteiger partial charge in [0.1, 0.15) is 0 Å². The predicted molar refractivity (Wildman–Crippen MR) is 108 cm³/mol. The molecule has 0 aromatic heterocycles. The van der Waals surface area contributed by atoms with Crippen LogP contribution >= 0.6 is 0 Å². The van der Waals surface area contributed by atoms with Crippen LogP contribution in [0.3, 0.4) is 0 Å². The molecule has 6 rings (SSSR count). The van der Waals surface area contributed by atoms with Gasteiger partial charge < -0.3 is 0 Å². The highest BCUT2D eigenvalue weighted by atomic mass is 32.2. The van der Waals surface area contributed by atoms with Gasteiger partial charge in [0.2, 0.25) is 10.0 Å². The van der Waals surface area contributed by atoms with Crippen LogP contribution in [0.15, 0.2) is 59.5 Å². The van der Waals surface area contributed by atoms with Crippen molar-refractivity contribution < 1.29 is 8.42 Å². The number of nitrogens with one attached hydrogen (secondary N) is 1. The van der Waals surface area contributed by atoms with E-state index in [1.807, 2.05) is 42.5 Å². The molecule has 2 aromatic carbocycles. The maximum absolute atomic E-state index is 12.9. The summed E-state index contributed by atoms with van der Waals surface area (Å²) >= 11 is 0. The molecular weight excluding hydrogens is 354 g/mol. The third-order valence-corrected chi connectivity index (χ3v) is 8.49. The fourth-order valence-corrected chi connectivity index (χ4v) is 7.45. The first-order valence-electron chi connectivity index (χ1n) is 10.2. The molecule has 4 aliphatic rings. The minimum absolute atomic E-state index is 0.214. The Morgan fingerprint density at radius 3 is 1.85 bits per heavy atom. The van der Waals surface area contributed by atoms with Crippen molar-refractivity contribution in [1.82, 2.24) is 4.72 Å². The highest BCUT2D eigenvalue weighted by Crippen LogP contribution is 2.59. The van der Waals surface area contributed by atoms with Crippen molar-refractivity contribution in [1.29, 1.82) is 0 Å². The topological polar surface area (TPSA) is 46.2 Å². The summed E-state index contributed by atoms with van der Waals surface area (Å²) in [5.41, 5.74) is 2.35. The molecule has 0 saturated heterocycles. The van der Waals surface area contributed by atoms with Crippen LogP contribution < -0.4 is 4.72 Å².